The first-order valence-electron chi connectivity index (χ1n) is 25.5. The van der Waals surface area contributed by atoms with Gasteiger partial charge in [0.1, 0.15) is 0 Å². The van der Waals surface area contributed by atoms with Gasteiger partial charge >= 0.3 is 0 Å². The summed E-state index contributed by atoms with van der Waals surface area (Å²) in [5.41, 5.74) is 31.6. The van der Waals surface area contributed by atoms with Crippen molar-refractivity contribution in [3.05, 3.63) is 304 Å². The summed E-state index contributed by atoms with van der Waals surface area (Å²) in [5.74, 6) is 0. The molecule has 11 aromatic carbocycles. The second kappa shape index (κ2) is 14.2. The number of anilines is 3. The molecule has 0 unspecified atom stereocenters. The van der Waals surface area contributed by atoms with Gasteiger partial charge in [-0.2, -0.15) is 0 Å². The molecule has 2 spiro atoms. The lowest BCUT2D eigenvalue weighted by Gasteiger charge is -2.32. The molecule has 0 fully saturated rings. The maximum absolute atomic E-state index is 2.55. The molecule has 0 aliphatic heterocycles. The number of hydrogen-bond donors (Lipinski definition) is 0. The van der Waals surface area contributed by atoms with E-state index in [1.807, 2.05) is 0 Å². The molecule has 0 N–H and O–H groups in total. The van der Waals surface area contributed by atoms with Gasteiger partial charge in [0.15, 0.2) is 0 Å². The van der Waals surface area contributed by atoms with E-state index in [1.54, 1.807) is 0 Å². The molecule has 0 saturated heterocycles. The Morgan fingerprint density at radius 3 is 1.11 bits per heavy atom. The predicted octanol–water partition coefficient (Wildman–Crippen LogP) is 17.8. The van der Waals surface area contributed by atoms with E-state index >= 15 is 0 Å². The van der Waals surface area contributed by atoms with Crippen molar-refractivity contribution in [1.29, 1.82) is 0 Å². The maximum Gasteiger partial charge on any atom is 0.0726 e. The van der Waals surface area contributed by atoms with Crippen molar-refractivity contribution >= 4 is 17.1 Å². The smallest absolute Gasteiger partial charge is 0.0726 e. The number of nitrogens with zero attached hydrogens (tertiary/aromatic N) is 1. The van der Waals surface area contributed by atoms with Gasteiger partial charge in [-0.05, 0) is 147 Å². The third kappa shape index (κ3) is 4.79. The predicted molar refractivity (Wildman–Crippen MR) is 297 cm³/mol. The SMILES string of the molecule is CC1(C)c2ccccc2-c2ccc(N(c3ccc(-c4cccc5c4-c4ccccc4C54c5ccccc5-c5ccccc54)cc3)c3cccc4c3-c3ccccc3C43c4ccccc4-c4ccccc43)cc21. The number of fused-ring (bicyclic) bond motifs is 23. The van der Waals surface area contributed by atoms with Crippen LogP contribution in [0.5, 0.6) is 0 Å². The molecule has 336 valence electrons. The van der Waals surface area contributed by atoms with Crippen molar-refractivity contribution < 1.29 is 0 Å². The minimum absolute atomic E-state index is 0.161. The Hall–Kier alpha value is -8.78. The highest BCUT2D eigenvalue weighted by Crippen LogP contribution is 2.66. The van der Waals surface area contributed by atoms with Gasteiger partial charge in [-0.1, -0.05) is 232 Å². The van der Waals surface area contributed by atoms with Gasteiger partial charge in [0.2, 0.25) is 0 Å². The molecule has 0 amide bonds. The van der Waals surface area contributed by atoms with Crippen LogP contribution in [0.25, 0.3) is 66.8 Å². The van der Waals surface area contributed by atoms with Gasteiger partial charge in [0, 0.05) is 22.4 Å². The molecule has 0 saturated carbocycles. The van der Waals surface area contributed by atoms with Crippen LogP contribution in [0.4, 0.5) is 17.1 Å². The van der Waals surface area contributed by atoms with E-state index in [1.165, 1.54) is 128 Å². The van der Waals surface area contributed by atoms with Gasteiger partial charge in [0.25, 0.3) is 0 Å². The van der Waals surface area contributed by atoms with E-state index in [0.717, 1.165) is 11.4 Å². The minimum atomic E-state index is -0.450. The molecule has 0 aromatic heterocycles. The highest BCUT2D eigenvalue weighted by atomic mass is 15.1. The van der Waals surface area contributed by atoms with Crippen LogP contribution in [0.15, 0.2) is 249 Å². The average Bonchev–Trinajstić information content (AvgIpc) is 4.18. The Morgan fingerprint density at radius 2 is 0.597 bits per heavy atom. The van der Waals surface area contributed by atoms with Gasteiger partial charge in [-0.15, -0.1) is 0 Å². The summed E-state index contributed by atoms with van der Waals surface area (Å²) in [5, 5.41) is 0. The van der Waals surface area contributed by atoms with Crippen molar-refractivity contribution in [3.8, 4) is 66.8 Å². The fraction of sp³-hybridized carbons (Fsp3) is 0.0704. The van der Waals surface area contributed by atoms with E-state index < -0.39 is 10.8 Å². The van der Waals surface area contributed by atoms with Gasteiger partial charge < -0.3 is 4.90 Å². The summed E-state index contributed by atoms with van der Waals surface area (Å²) in [6, 6.07) is 94.5. The van der Waals surface area contributed by atoms with Crippen LogP contribution in [0.2, 0.25) is 0 Å². The molecular weight excluding hydrogens is 867 g/mol. The standard InChI is InChI=1S/C71H47N/c1-69(2)56-27-10-3-19-48(56)53-42-41-46(43-65(53)69)72(66-36-18-35-64-68(66)55-25-9-16-33-62(55)71(64)59-30-13-6-22-51(59)52-23-7-14-31-60(52)71)45-39-37-44(38-40-45)47-26-17-34-63-67(47)54-24-8-15-32-61(54)70(63)57-28-11-4-20-49(57)50-21-5-12-29-58(50)70/h3-43H,1-2H3. The molecule has 1 heteroatoms. The lowest BCUT2D eigenvalue weighted by molar-refractivity contribution is 0.660. The summed E-state index contributed by atoms with van der Waals surface area (Å²) in [4.78, 5) is 2.55. The number of hydrogen-bond acceptors (Lipinski definition) is 1. The van der Waals surface area contributed by atoms with E-state index in [4.69, 9.17) is 0 Å². The Morgan fingerprint density at radius 1 is 0.250 bits per heavy atom. The second-order valence-corrected chi connectivity index (χ2v) is 21.0. The quantitative estimate of drug-likeness (QED) is 0.170. The molecule has 5 aliphatic rings. The zero-order valence-electron chi connectivity index (χ0n) is 40.1. The largest absolute Gasteiger partial charge is 0.310 e. The van der Waals surface area contributed by atoms with Crippen molar-refractivity contribution in [2.75, 3.05) is 4.90 Å². The van der Waals surface area contributed by atoms with Crippen LogP contribution in [-0.2, 0) is 16.2 Å². The maximum atomic E-state index is 2.55. The van der Waals surface area contributed by atoms with Crippen molar-refractivity contribution in [3.63, 3.8) is 0 Å². The highest BCUT2D eigenvalue weighted by Gasteiger charge is 2.54. The summed E-state index contributed by atoms with van der Waals surface area (Å²) in [6.45, 7) is 4.78. The zero-order chi connectivity index (χ0) is 47.5. The Bertz CT molecular complexity index is 4060. The average molecular weight is 914 g/mol. The zero-order valence-corrected chi connectivity index (χ0v) is 40.1. The second-order valence-electron chi connectivity index (χ2n) is 21.0. The molecule has 0 radical (unpaired) electrons. The van der Waals surface area contributed by atoms with Gasteiger partial charge in [-0.25, -0.2) is 0 Å². The monoisotopic (exact) mass is 913 g/mol. The van der Waals surface area contributed by atoms with Crippen LogP contribution in [0.1, 0.15) is 69.5 Å². The first-order chi connectivity index (χ1) is 35.5. The Labute approximate surface area is 421 Å². The van der Waals surface area contributed by atoms with Crippen LogP contribution >= 0.6 is 0 Å². The molecule has 0 heterocycles. The number of benzene rings is 11. The number of rotatable bonds is 4. The first-order valence-corrected chi connectivity index (χ1v) is 25.5. The normalized spacial score (nSPS) is 15.1. The van der Waals surface area contributed by atoms with E-state index in [-0.39, 0.29) is 5.41 Å². The van der Waals surface area contributed by atoms with Gasteiger partial charge in [0.05, 0.1) is 16.5 Å². The topological polar surface area (TPSA) is 3.24 Å². The van der Waals surface area contributed by atoms with Crippen molar-refractivity contribution in [2.24, 2.45) is 0 Å². The molecule has 0 atom stereocenters. The highest BCUT2D eigenvalue weighted by molar-refractivity contribution is 6.03. The summed E-state index contributed by atoms with van der Waals surface area (Å²) in [7, 11) is 0. The van der Waals surface area contributed by atoms with Crippen molar-refractivity contribution in [1.82, 2.24) is 0 Å². The molecule has 1 nitrogen and oxygen atoms in total. The summed E-state index contributed by atoms with van der Waals surface area (Å²) >= 11 is 0. The van der Waals surface area contributed by atoms with E-state index in [0.29, 0.717) is 0 Å². The molecular formula is C71H47N. The Balaban J connectivity index is 0.916. The van der Waals surface area contributed by atoms with Crippen molar-refractivity contribution in [2.45, 2.75) is 30.1 Å². The van der Waals surface area contributed by atoms with E-state index in [9.17, 15) is 0 Å². The van der Waals surface area contributed by atoms with Crippen LogP contribution < -0.4 is 4.90 Å². The molecule has 11 aromatic rings. The minimum Gasteiger partial charge on any atom is -0.310 e. The van der Waals surface area contributed by atoms with Gasteiger partial charge in [-0.3, -0.25) is 0 Å². The van der Waals surface area contributed by atoms with Crippen LogP contribution in [-0.4, -0.2) is 0 Å². The molecule has 0 bridgehead atoms. The fourth-order valence-corrected chi connectivity index (χ4v) is 14.7. The fourth-order valence-electron chi connectivity index (χ4n) is 14.7. The third-order valence-corrected chi connectivity index (χ3v) is 17.5. The summed E-state index contributed by atoms with van der Waals surface area (Å²) in [6.07, 6.45) is 0. The molecule has 5 aliphatic carbocycles. The van der Waals surface area contributed by atoms with E-state index in [2.05, 4.69) is 267 Å². The lowest BCUT2D eigenvalue weighted by Crippen LogP contribution is -2.26. The lowest BCUT2D eigenvalue weighted by atomic mass is 9.70. The first kappa shape index (κ1) is 40.0. The summed E-state index contributed by atoms with van der Waals surface area (Å²) < 4.78 is 0. The molecule has 72 heavy (non-hydrogen) atoms. The molecule has 16 rings (SSSR count). The third-order valence-electron chi connectivity index (χ3n) is 17.5. The Kier molecular flexibility index (Phi) is 7.88. The van der Waals surface area contributed by atoms with Crippen LogP contribution in [0.3, 0.4) is 0 Å². The van der Waals surface area contributed by atoms with Crippen LogP contribution in [0, 0.1) is 0 Å².